The SMILES string of the molecule is Cc1cc(Br)cc(Cl)c1OC(=O)c1cc(F)c(F)c(F)c1F. The monoisotopic (exact) mass is 396 g/mol. The first-order valence-corrected chi connectivity index (χ1v) is 6.90. The molecule has 0 bridgehead atoms. The van der Waals surface area contributed by atoms with Crippen LogP contribution in [-0.2, 0) is 0 Å². The lowest BCUT2D eigenvalue weighted by atomic mass is 10.2. The molecule has 0 fully saturated rings. The van der Waals surface area contributed by atoms with Crippen LogP contribution < -0.4 is 4.74 Å². The summed E-state index contributed by atoms with van der Waals surface area (Å²) >= 11 is 9.06. The number of benzene rings is 2. The highest BCUT2D eigenvalue weighted by Gasteiger charge is 2.25. The second-order valence-electron chi connectivity index (χ2n) is 4.27. The van der Waals surface area contributed by atoms with Gasteiger partial charge in [-0.2, -0.15) is 0 Å². The summed E-state index contributed by atoms with van der Waals surface area (Å²) < 4.78 is 58.1. The molecule has 0 N–H and O–H groups in total. The van der Waals surface area contributed by atoms with Crippen molar-refractivity contribution in [2.75, 3.05) is 0 Å². The predicted molar refractivity (Wildman–Crippen MR) is 75.1 cm³/mol. The lowest BCUT2D eigenvalue weighted by Crippen LogP contribution is -2.14. The summed E-state index contributed by atoms with van der Waals surface area (Å²) in [4.78, 5) is 11.9. The normalized spacial score (nSPS) is 10.7. The molecule has 0 aliphatic rings. The summed E-state index contributed by atoms with van der Waals surface area (Å²) in [6, 6.07) is 3.20. The van der Waals surface area contributed by atoms with E-state index in [0.29, 0.717) is 10.0 Å². The van der Waals surface area contributed by atoms with E-state index >= 15 is 0 Å². The van der Waals surface area contributed by atoms with Crippen LogP contribution in [-0.4, -0.2) is 5.97 Å². The molecule has 2 rings (SSSR count). The van der Waals surface area contributed by atoms with Crippen LogP contribution in [0.3, 0.4) is 0 Å². The first-order valence-electron chi connectivity index (χ1n) is 5.73. The highest BCUT2D eigenvalue weighted by atomic mass is 79.9. The molecule has 2 aromatic rings. The van der Waals surface area contributed by atoms with Gasteiger partial charge in [0.2, 0.25) is 0 Å². The van der Waals surface area contributed by atoms with E-state index < -0.39 is 34.8 Å². The molecule has 0 unspecified atom stereocenters. The minimum absolute atomic E-state index is 0.0312. The molecular weight excluding hydrogens is 392 g/mol. The summed E-state index contributed by atoms with van der Waals surface area (Å²) in [7, 11) is 0. The van der Waals surface area contributed by atoms with Crippen LogP contribution in [0.2, 0.25) is 5.02 Å². The Hall–Kier alpha value is -1.60. The number of carbonyl (C=O) groups excluding carboxylic acids is 1. The van der Waals surface area contributed by atoms with Gasteiger partial charge in [0.25, 0.3) is 0 Å². The summed E-state index contributed by atoms with van der Waals surface area (Å²) in [5.74, 6) is -9.14. The Bertz CT molecular complexity index is 757. The van der Waals surface area contributed by atoms with Crippen LogP contribution in [0, 0.1) is 30.2 Å². The first-order chi connectivity index (χ1) is 10.2. The average molecular weight is 398 g/mol. The van der Waals surface area contributed by atoms with Gasteiger partial charge in [-0.1, -0.05) is 27.5 Å². The average Bonchev–Trinajstić information content (AvgIpc) is 2.44. The standard InChI is InChI=1S/C14H6BrClF4O2/c1-5-2-6(15)3-8(16)13(5)22-14(21)7-4-9(17)11(19)12(20)10(7)18/h2-4H,1H3. The van der Waals surface area contributed by atoms with E-state index in [4.69, 9.17) is 16.3 Å². The van der Waals surface area contributed by atoms with E-state index in [1.807, 2.05) is 0 Å². The molecular formula is C14H6BrClF4O2. The Morgan fingerprint density at radius 2 is 1.73 bits per heavy atom. The smallest absolute Gasteiger partial charge is 0.346 e. The fourth-order valence-corrected chi connectivity index (χ4v) is 2.70. The number of ether oxygens (including phenoxy) is 1. The molecule has 0 saturated heterocycles. The third-order valence-electron chi connectivity index (χ3n) is 2.71. The van der Waals surface area contributed by atoms with Crippen molar-refractivity contribution < 1.29 is 27.1 Å². The maximum Gasteiger partial charge on any atom is 0.346 e. The largest absolute Gasteiger partial charge is 0.421 e. The zero-order chi connectivity index (χ0) is 16.6. The first kappa shape index (κ1) is 16.8. The van der Waals surface area contributed by atoms with E-state index in [0.717, 1.165) is 0 Å². The quantitative estimate of drug-likeness (QED) is 0.229. The molecule has 0 heterocycles. The van der Waals surface area contributed by atoms with Crippen molar-refractivity contribution in [1.82, 2.24) is 0 Å². The van der Waals surface area contributed by atoms with Gasteiger partial charge in [0.1, 0.15) is 5.56 Å². The van der Waals surface area contributed by atoms with Gasteiger partial charge < -0.3 is 4.74 Å². The fraction of sp³-hybridized carbons (Fsp3) is 0.0714. The van der Waals surface area contributed by atoms with Crippen molar-refractivity contribution in [3.8, 4) is 5.75 Å². The van der Waals surface area contributed by atoms with Gasteiger partial charge in [0, 0.05) is 4.47 Å². The molecule has 2 nitrogen and oxygen atoms in total. The predicted octanol–water partition coefficient (Wildman–Crippen LogP) is 5.19. The van der Waals surface area contributed by atoms with E-state index in [1.165, 1.54) is 6.07 Å². The van der Waals surface area contributed by atoms with Gasteiger partial charge in [-0.3, -0.25) is 0 Å². The minimum atomic E-state index is -2.09. The van der Waals surface area contributed by atoms with Crippen LogP contribution in [0.4, 0.5) is 17.6 Å². The van der Waals surface area contributed by atoms with Crippen LogP contribution in [0.25, 0.3) is 0 Å². The summed E-state index contributed by atoms with van der Waals surface area (Å²) in [6.45, 7) is 1.56. The Labute approximate surface area is 135 Å². The van der Waals surface area contributed by atoms with Crippen LogP contribution in [0.15, 0.2) is 22.7 Å². The zero-order valence-electron chi connectivity index (χ0n) is 10.8. The number of hydrogen-bond donors (Lipinski definition) is 0. The fourth-order valence-electron chi connectivity index (χ4n) is 1.69. The van der Waals surface area contributed by atoms with E-state index in [9.17, 15) is 22.4 Å². The molecule has 0 saturated carbocycles. The third-order valence-corrected chi connectivity index (χ3v) is 3.45. The molecule has 0 radical (unpaired) electrons. The second kappa shape index (κ2) is 6.26. The van der Waals surface area contributed by atoms with Crippen LogP contribution in [0.5, 0.6) is 5.75 Å². The van der Waals surface area contributed by atoms with Gasteiger partial charge in [0.15, 0.2) is 29.0 Å². The maximum absolute atomic E-state index is 13.5. The summed E-state index contributed by atoms with van der Waals surface area (Å²) in [5, 5.41) is 0.0312. The van der Waals surface area contributed by atoms with Gasteiger partial charge in [0.05, 0.1) is 5.02 Å². The Morgan fingerprint density at radius 3 is 2.32 bits per heavy atom. The molecule has 22 heavy (non-hydrogen) atoms. The second-order valence-corrected chi connectivity index (χ2v) is 5.59. The van der Waals surface area contributed by atoms with Crippen LogP contribution in [0.1, 0.15) is 15.9 Å². The van der Waals surface area contributed by atoms with Crippen molar-refractivity contribution in [1.29, 1.82) is 0 Å². The van der Waals surface area contributed by atoms with Crippen molar-refractivity contribution >= 4 is 33.5 Å². The highest BCUT2D eigenvalue weighted by molar-refractivity contribution is 9.10. The van der Waals surface area contributed by atoms with Gasteiger partial charge >= 0.3 is 5.97 Å². The number of rotatable bonds is 2. The minimum Gasteiger partial charge on any atom is -0.421 e. The molecule has 0 atom stereocenters. The summed E-state index contributed by atoms with van der Waals surface area (Å²) in [6.07, 6.45) is 0. The lowest BCUT2D eigenvalue weighted by molar-refractivity contribution is 0.0726. The highest BCUT2D eigenvalue weighted by Crippen LogP contribution is 2.33. The third kappa shape index (κ3) is 3.10. The van der Waals surface area contributed by atoms with Crippen LogP contribution >= 0.6 is 27.5 Å². The molecule has 8 heteroatoms. The Morgan fingerprint density at radius 1 is 1.09 bits per heavy atom. The van der Waals surface area contributed by atoms with Gasteiger partial charge in [-0.05, 0) is 30.7 Å². The zero-order valence-corrected chi connectivity index (χ0v) is 13.2. The number of halogens is 6. The van der Waals surface area contributed by atoms with E-state index in [2.05, 4.69) is 15.9 Å². The topological polar surface area (TPSA) is 26.3 Å². The molecule has 0 aromatic heterocycles. The van der Waals surface area contributed by atoms with Gasteiger partial charge in [-0.15, -0.1) is 0 Å². The van der Waals surface area contributed by atoms with E-state index in [1.54, 1.807) is 13.0 Å². The van der Waals surface area contributed by atoms with Crippen molar-refractivity contribution in [3.05, 3.63) is 62.1 Å². The number of esters is 1. The van der Waals surface area contributed by atoms with Gasteiger partial charge in [-0.25, -0.2) is 22.4 Å². The number of hydrogen-bond acceptors (Lipinski definition) is 2. The lowest BCUT2D eigenvalue weighted by Gasteiger charge is -2.11. The summed E-state index contributed by atoms with van der Waals surface area (Å²) in [5.41, 5.74) is -0.647. The molecule has 0 aliphatic carbocycles. The molecule has 0 aliphatic heterocycles. The van der Waals surface area contributed by atoms with Crippen molar-refractivity contribution in [3.63, 3.8) is 0 Å². The molecule has 0 spiro atoms. The number of aryl methyl sites for hydroxylation is 1. The van der Waals surface area contributed by atoms with Crippen molar-refractivity contribution in [2.24, 2.45) is 0 Å². The Balaban J connectivity index is 2.43. The Kier molecular flexibility index (Phi) is 4.77. The molecule has 2 aromatic carbocycles. The molecule has 116 valence electrons. The maximum atomic E-state index is 13.5. The van der Waals surface area contributed by atoms with Crippen molar-refractivity contribution in [2.45, 2.75) is 6.92 Å². The van der Waals surface area contributed by atoms with E-state index in [-0.39, 0.29) is 16.8 Å². The number of carbonyl (C=O) groups is 1. The molecule has 0 amide bonds.